The predicted octanol–water partition coefficient (Wildman–Crippen LogP) is 1.51. The fraction of sp³-hybridized carbons (Fsp3) is 0.391. The number of benzene rings is 2. The number of likely N-dealkylation sites (N-methyl/N-ethyl adjacent to an activating group) is 2. The first-order valence-corrected chi connectivity index (χ1v) is 9.90. The second kappa shape index (κ2) is 10.6. The van der Waals surface area contributed by atoms with Crippen LogP contribution in [0.3, 0.4) is 0 Å². The third-order valence-electron chi connectivity index (χ3n) is 5.16. The van der Waals surface area contributed by atoms with Crippen LogP contribution in [0.5, 0.6) is 11.5 Å². The number of amides is 2. The van der Waals surface area contributed by atoms with Crippen LogP contribution in [0, 0.1) is 6.92 Å². The predicted molar refractivity (Wildman–Crippen MR) is 117 cm³/mol. The molecule has 30 heavy (non-hydrogen) atoms. The van der Waals surface area contributed by atoms with Crippen molar-refractivity contribution in [1.29, 1.82) is 0 Å². The lowest BCUT2D eigenvalue weighted by Gasteiger charge is -2.26. The van der Waals surface area contributed by atoms with Crippen LogP contribution in [0.4, 0.5) is 5.69 Å². The minimum atomic E-state index is -0.335. The lowest BCUT2D eigenvalue weighted by Crippen LogP contribution is -3.12. The molecule has 2 aromatic carbocycles. The van der Waals surface area contributed by atoms with Gasteiger partial charge < -0.3 is 24.6 Å². The van der Waals surface area contributed by atoms with Crippen molar-refractivity contribution >= 4 is 17.5 Å². The van der Waals surface area contributed by atoms with E-state index in [2.05, 4.69) is 5.32 Å². The van der Waals surface area contributed by atoms with Crippen molar-refractivity contribution in [3.05, 3.63) is 53.6 Å². The number of nitrogens with one attached hydrogen (secondary N) is 2. The molecule has 0 aromatic heterocycles. The third-order valence-corrected chi connectivity index (χ3v) is 5.16. The summed E-state index contributed by atoms with van der Waals surface area (Å²) in [5.74, 6) is 0.999. The molecule has 2 aromatic rings. The number of aryl methyl sites for hydroxylation is 1. The lowest BCUT2D eigenvalue weighted by atomic mass is 10.1. The number of nitrogens with zero attached hydrogens (tertiary/aromatic N) is 1. The van der Waals surface area contributed by atoms with Crippen molar-refractivity contribution in [1.82, 2.24) is 4.90 Å². The first kappa shape index (κ1) is 23.2. The summed E-state index contributed by atoms with van der Waals surface area (Å²) in [6.07, 6.45) is 0. The summed E-state index contributed by atoms with van der Waals surface area (Å²) in [4.78, 5) is 27.6. The number of hydrogen-bond acceptors (Lipinski definition) is 4. The van der Waals surface area contributed by atoms with Crippen LogP contribution < -0.4 is 19.7 Å². The lowest BCUT2D eigenvalue weighted by molar-refractivity contribution is -0.908. The van der Waals surface area contributed by atoms with E-state index in [1.165, 1.54) is 4.90 Å². The number of quaternary nitrogens is 1. The van der Waals surface area contributed by atoms with Crippen LogP contribution in [-0.2, 0) is 16.1 Å². The Morgan fingerprint density at radius 3 is 2.37 bits per heavy atom. The molecule has 2 N–H and O–H groups in total. The molecule has 0 saturated carbocycles. The van der Waals surface area contributed by atoms with Crippen molar-refractivity contribution < 1.29 is 24.0 Å². The Kier molecular flexibility index (Phi) is 8.24. The van der Waals surface area contributed by atoms with Gasteiger partial charge in [0.1, 0.15) is 6.54 Å². The van der Waals surface area contributed by atoms with Crippen molar-refractivity contribution in [2.24, 2.45) is 0 Å². The molecule has 0 radical (unpaired) electrons. The van der Waals surface area contributed by atoms with Crippen LogP contribution in [0.2, 0.25) is 0 Å². The van der Waals surface area contributed by atoms with Crippen LogP contribution in [-0.4, -0.2) is 57.6 Å². The molecule has 7 heteroatoms. The van der Waals surface area contributed by atoms with E-state index < -0.39 is 0 Å². The van der Waals surface area contributed by atoms with Crippen molar-refractivity contribution in [2.75, 3.05) is 40.2 Å². The number of methoxy groups -OCH3 is 2. The molecule has 2 rings (SSSR count). The monoisotopic (exact) mass is 414 g/mol. The third kappa shape index (κ3) is 5.97. The maximum Gasteiger partial charge on any atom is 0.280 e. The quantitative estimate of drug-likeness (QED) is 0.653. The van der Waals surface area contributed by atoms with E-state index in [0.717, 1.165) is 16.0 Å². The Balaban J connectivity index is 1.96. The number of carbonyl (C=O) groups excluding carboxylic acids is 2. The van der Waals surface area contributed by atoms with E-state index in [4.69, 9.17) is 9.47 Å². The van der Waals surface area contributed by atoms with Crippen molar-refractivity contribution in [3.8, 4) is 11.5 Å². The number of rotatable bonds is 9. The minimum Gasteiger partial charge on any atom is -0.493 e. The molecule has 0 heterocycles. The average Bonchev–Trinajstić information content (AvgIpc) is 2.73. The Labute approximate surface area is 178 Å². The molecule has 0 aliphatic heterocycles. The minimum absolute atomic E-state index is 0.00713. The Morgan fingerprint density at radius 1 is 1.10 bits per heavy atom. The Morgan fingerprint density at radius 2 is 1.77 bits per heavy atom. The molecule has 0 spiro atoms. The smallest absolute Gasteiger partial charge is 0.280 e. The van der Waals surface area contributed by atoms with E-state index in [9.17, 15) is 9.59 Å². The molecule has 0 fully saturated rings. The highest BCUT2D eigenvalue weighted by Gasteiger charge is 2.27. The molecule has 162 valence electrons. The van der Waals surface area contributed by atoms with E-state index in [1.807, 2.05) is 63.4 Å². The number of hydrogen-bond donors (Lipinski definition) is 2. The van der Waals surface area contributed by atoms with E-state index in [-0.39, 0.29) is 24.4 Å². The molecule has 2 amide bonds. The second-order valence-corrected chi connectivity index (χ2v) is 7.51. The van der Waals surface area contributed by atoms with E-state index in [1.54, 1.807) is 21.3 Å². The number of ether oxygens (including phenoxy) is 2. The van der Waals surface area contributed by atoms with Gasteiger partial charge in [0, 0.05) is 12.7 Å². The molecule has 0 aliphatic carbocycles. The van der Waals surface area contributed by atoms with Gasteiger partial charge in [-0.25, -0.2) is 0 Å². The fourth-order valence-corrected chi connectivity index (χ4v) is 3.22. The number of para-hydroxylation sites is 1. The largest absolute Gasteiger partial charge is 0.493 e. The van der Waals surface area contributed by atoms with E-state index >= 15 is 0 Å². The van der Waals surface area contributed by atoms with Crippen LogP contribution in [0.15, 0.2) is 42.5 Å². The van der Waals surface area contributed by atoms with Gasteiger partial charge in [-0.05, 0) is 38.1 Å². The first-order valence-electron chi connectivity index (χ1n) is 9.90. The number of anilines is 1. The molecule has 2 atom stereocenters. The van der Waals surface area contributed by atoms with Gasteiger partial charge in [0.25, 0.3) is 5.91 Å². The zero-order valence-corrected chi connectivity index (χ0v) is 18.6. The Bertz CT molecular complexity index is 867. The summed E-state index contributed by atoms with van der Waals surface area (Å²) >= 11 is 0. The molecule has 7 nitrogen and oxygen atoms in total. The summed E-state index contributed by atoms with van der Waals surface area (Å²) in [6, 6.07) is 12.9. The summed E-state index contributed by atoms with van der Waals surface area (Å²) in [5, 5.41) is 2.82. The van der Waals surface area contributed by atoms with Gasteiger partial charge in [-0.2, -0.15) is 0 Å². The maximum absolute atomic E-state index is 12.9. The van der Waals surface area contributed by atoms with Crippen LogP contribution in [0.1, 0.15) is 18.1 Å². The molecular formula is C23H32N3O4+. The van der Waals surface area contributed by atoms with Gasteiger partial charge in [0.05, 0.1) is 33.4 Å². The highest BCUT2D eigenvalue weighted by molar-refractivity contribution is 5.94. The normalized spacial score (nSPS) is 12.6. The van der Waals surface area contributed by atoms with Gasteiger partial charge in [-0.15, -0.1) is 0 Å². The number of carbonyl (C=O) groups is 2. The van der Waals surface area contributed by atoms with Gasteiger partial charge in [0.2, 0.25) is 5.91 Å². The van der Waals surface area contributed by atoms with Gasteiger partial charge in [-0.1, -0.05) is 23.8 Å². The van der Waals surface area contributed by atoms with E-state index in [0.29, 0.717) is 23.7 Å². The zero-order chi connectivity index (χ0) is 22.3. The summed E-state index contributed by atoms with van der Waals surface area (Å²) < 4.78 is 10.8. The van der Waals surface area contributed by atoms with Crippen molar-refractivity contribution in [3.63, 3.8) is 0 Å². The zero-order valence-electron chi connectivity index (χ0n) is 18.6. The topological polar surface area (TPSA) is 72.3 Å². The first-order chi connectivity index (χ1) is 14.3. The van der Waals surface area contributed by atoms with Gasteiger partial charge in [-0.3, -0.25) is 9.59 Å². The molecule has 0 bridgehead atoms. The Hall–Kier alpha value is -3.06. The highest BCUT2D eigenvalue weighted by atomic mass is 16.5. The van der Waals surface area contributed by atoms with Crippen molar-refractivity contribution in [2.45, 2.75) is 26.4 Å². The average molecular weight is 415 g/mol. The summed E-state index contributed by atoms with van der Waals surface area (Å²) in [6.45, 7) is 4.42. The summed E-state index contributed by atoms with van der Waals surface area (Å²) in [7, 11) is 6.79. The molecule has 0 aliphatic rings. The van der Waals surface area contributed by atoms with Crippen LogP contribution >= 0.6 is 0 Å². The highest BCUT2D eigenvalue weighted by Crippen LogP contribution is 2.30. The van der Waals surface area contributed by atoms with Gasteiger partial charge in [0.15, 0.2) is 17.5 Å². The molecule has 0 saturated heterocycles. The SMILES string of the molecule is COc1cccc(C[NH+](C)[C@@H](C)C(=O)N(C)CC(=O)Nc2ccc(C)cc2)c1OC. The maximum atomic E-state index is 12.9. The molecular weight excluding hydrogens is 382 g/mol. The summed E-state index contributed by atoms with van der Waals surface area (Å²) in [5.41, 5.74) is 2.79. The second-order valence-electron chi connectivity index (χ2n) is 7.51. The van der Waals surface area contributed by atoms with Crippen LogP contribution in [0.25, 0.3) is 0 Å². The molecule has 1 unspecified atom stereocenters. The standard InChI is InChI=1S/C23H31N3O4/c1-16-10-12-19(13-11-16)24-21(27)15-26(4)23(28)17(2)25(3)14-18-8-7-9-20(29-5)22(18)30-6/h7-13,17H,14-15H2,1-6H3,(H,24,27)/p+1/t17-/m0/s1. The van der Waals surface area contributed by atoms with Gasteiger partial charge >= 0.3 is 0 Å². The fourth-order valence-electron chi connectivity index (χ4n) is 3.22.